The summed E-state index contributed by atoms with van der Waals surface area (Å²) in [6, 6.07) is 12.5. The Balaban J connectivity index is 1.82. The van der Waals surface area contributed by atoms with Crippen LogP contribution >= 0.6 is 15.9 Å². The van der Waals surface area contributed by atoms with Crippen LogP contribution in [0.4, 0.5) is 10.1 Å². The predicted octanol–water partition coefficient (Wildman–Crippen LogP) is 3.46. The van der Waals surface area contributed by atoms with Gasteiger partial charge in [0.2, 0.25) is 11.3 Å². The first-order valence-corrected chi connectivity index (χ1v) is 10.1. The summed E-state index contributed by atoms with van der Waals surface area (Å²) in [7, 11) is 1.39. The van der Waals surface area contributed by atoms with Gasteiger partial charge >= 0.3 is 0 Å². The number of carbonyl (C=O) groups is 2. The van der Waals surface area contributed by atoms with E-state index in [1.54, 1.807) is 25.1 Å². The molecule has 160 valence electrons. The molecule has 31 heavy (non-hydrogen) atoms. The fourth-order valence-electron chi connectivity index (χ4n) is 2.99. The van der Waals surface area contributed by atoms with E-state index in [2.05, 4.69) is 26.3 Å². The molecule has 0 spiro atoms. The topological polar surface area (TPSA) is 84.3 Å². The van der Waals surface area contributed by atoms with Crippen LogP contribution in [-0.2, 0) is 4.79 Å². The van der Waals surface area contributed by atoms with E-state index < -0.39 is 28.8 Å². The smallest absolute Gasteiger partial charge is 0.278 e. The van der Waals surface area contributed by atoms with E-state index in [-0.39, 0.29) is 12.2 Å². The SMILES string of the molecule is Cc1cc(Br)ccc1NC(=O)CN(C)C(=O)c1nn(-c2ccccc2F)c(C)cc1=O. The summed E-state index contributed by atoms with van der Waals surface area (Å²) in [5, 5.41) is 6.81. The number of nitrogens with zero attached hydrogens (tertiary/aromatic N) is 3. The summed E-state index contributed by atoms with van der Waals surface area (Å²) in [6.45, 7) is 3.15. The first-order chi connectivity index (χ1) is 14.7. The standard InChI is InChI=1S/C22H20BrFN4O3/c1-13-10-15(23)8-9-17(13)25-20(30)12-27(3)22(31)21-19(29)11-14(2)28(26-21)18-7-5-4-6-16(18)24/h4-11H,12H2,1-3H3,(H,25,30). The van der Waals surface area contributed by atoms with Crippen LogP contribution in [0.1, 0.15) is 21.7 Å². The highest BCUT2D eigenvalue weighted by atomic mass is 79.9. The van der Waals surface area contributed by atoms with Gasteiger partial charge in [-0.2, -0.15) is 5.10 Å². The molecule has 0 radical (unpaired) electrons. The molecule has 3 aromatic rings. The van der Waals surface area contributed by atoms with Crippen LogP contribution in [-0.4, -0.2) is 40.1 Å². The van der Waals surface area contributed by atoms with Gasteiger partial charge in [0.1, 0.15) is 11.5 Å². The lowest BCUT2D eigenvalue weighted by atomic mass is 10.2. The van der Waals surface area contributed by atoms with Gasteiger partial charge in [0.25, 0.3) is 5.91 Å². The number of amides is 2. The van der Waals surface area contributed by atoms with Gasteiger partial charge in [-0.15, -0.1) is 0 Å². The van der Waals surface area contributed by atoms with Crippen LogP contribution in [0.2, 0.25) is 0 Å². The fourth-order valence-corrected chi connectivity index (χ4v) is 3.46. The summed E-state index contributed by atoms with van der Waals surface area (Å²) < 4.78 is 16.3. The summed E-state index contributed by atoms with van der Waals surface area (Å²) in [5.74, 6) is -1.71. The van der Waals surface area contributed by atoms with Crippen LogP contribution in [0, 0.1) is 19.7 Å². The molecule has 0 unspecified atom stereocenters. The first kappa shape index (κ1) is 22.4. The molecule has 2 amide bonds. The fraction of sp³-hybridized carbons (Fsp3) is 0.182. The number of likely N-dealkylation sites (N-methyl/N-ethyl adjacent to an activating group) is 1. The van der Waals surface area contributed by atoms with Crippen molar-refractivity contribution in [2.45, 2.75) is 13.8 Å². The molecule has 9 heteroatoms. The molecule has 0 bridgehead atoms. The van der Waals surface area contributed by atoms with Gasteiger partial charge in [0.15, 0.2) is 5.69 Å². The Morgan fingerprint density at radius 3 is 2.55 bits per heavy atom. The van der Waals surface area contributed by atoms with Crippen molar-refractivity contribution in [2.75, 3.05) is 18.9 Å². The third kappa shape index (κ3) is 5.05. The van der Waals surface area contributed by atoms with Crippen molar-refractivity contribution in [3.05, 3.63) is 86.0 Å². The highest BCUT2D eigenvalue weighted by Gasteiger charge is 2.22. The van der Waals surface area contributed by atoms with Crippen LogP contribution in [0.3, 0.4) is 0 Å². The quantitative estimate of drug-likeness (QED) is 0.598. The highest BCUT2D eigenvalue weighted by Crippen LogP contribution is 2.20. The lowest BCUT2D eigenvalue weighted by molar-refractivity contribution is -0.116. The van der Waals surface area contributed by atoms with E-state index in [0.29, 0.717) is 11.4 Å². The van der Waals surface area contributed by atoms with E-state index in [4.69, 9.17) is 0 Å². The number of halogens is 2. The number of para-hydroxylation sites is 1. The van der Waals surface area contributed by atoms with Crippen LogP contribution in [0.5, 0.6) is 0 Å². The highest BCUT2D eigenvalue weighted by molar-refractivity contribution is 9.10. The molecule has 0 aliphatic rings. The molecular formula is C22H20BrFN4O3. The molecule has 0 saturated carbocycles. The van der Waals surface area contributed by atoms with Crippen molar-refractivity contribution in [1.82, 2.24) is 14.7 Å². The maximum Gasteiger partial charge on any atom is 0.278 e. The van der Waals surface area contributed by atoms with Crippen LogP contribution in [0.25, 0.3) is 5.69 Å². The average Bonchev–Trinajstić information content (AvgIpc) is 2.70. The van der Waals surface area contributed by atoms with Crippen molar-refractivity contribution in [2.24, 2.45) is 0 Å². The van der Waals surface area contributed by atoms with Crippen LogP contribution < -0.4 is 10.7 Å². The minimum Gasteiger partial charge on any atom is -0.331 e. The number of rotatable bonds is 5. The molecule has 1 heterocycles. The number of nitrogens with one attached hydrogen (secondary N) is 1. The van der Waals surface area contributed by atoms with Gasteiger partial charge in [0, 0.05) is 29.0 Å². The lowest BCUT2D eigenvalue weighted by Crippen LogP contribution is -2.38. The van der Waals surface area contributed by atoms with Crippen molar-refractivity contribution in [1.29, 1.82) is 0 Å². The Kier molecular flexibility index (Phi) is 6.65. The molecule has 0 fully saturated rings. The number of carbonyl (C=O) groups excluding carboxylic acids is 2. The third-order valence-corrected chi connectivity index (χ3v) is 5.07. The van der Waals surface area contributed by atoms with E-state index in [9.17, 15) is 18.8 Å². The molecule has 1 aromatic heterocycles. The number of aryl methyl sites for hydroxylation is 2. The number of hydrogen-bond acceptors (Lipinski definition) is 4. The zero-order valence-corrected chi connectivity index (χ0v) is 18.7. The molecule has 0 aliphatic carbocycles. The molecule has 0 saturated heterocycles. The molecule has 1 N–H and O–H groups in total. The number of anilines is 1. The minimum atomic E-state index is -0.738. The van der Waals surface area contributed by atoms with E-state index in [1.165, 1.54) is 36.0 Å². The zero-order chi connectivity index (χ0) is 22.7. The van der Waals surface area contributed by atoms with Crippen molar-refractivity contribution < 1.29 is 14.0 Å². The van der Waals surface area contributed by atoms with Gasteiger partial charge in [-0.3, -0.25) is 14.4 Å². The Labute approximate surface area is 186 Å². The molecule has 0 aliphatic heterocycles. The average molecular weight is 487 g/mol. The summed E-state index contributed by atoms with van der Waals surface area (Å²) in [6.07, 6.45) is 0. The molecular weight excluding hydrogens is 467 g/mol. The van der Waals surface area contributed by atoms with Gasteiger partial charge in [-0.1, -0.05) is 28.1 Å². The van der Waals surface area contributed by atoms with Crippen LogP contribution in [0.15, 0.2) is 57.8 Å². The van der Waals surface area contributed by atoms with Gasteiger partial charge in [0.05, 0.1) is 6.54 Å². The molecule has 0 atom stereocenters. The van der Waals surface area contributed by atoms with Gasteiger partial charge < -0.3 is 10.2 Å². The number of aromatic nitrogens is 2. The Hall–Kier alpha value is -3.33. The summed E-state index contributed by atoms with van der Waals surface area (Å²) >= 11 is 3.36. The minimum absolute atomic E-state index is 0.111. The summed E-state index contributed by atoms with van der Waals surface area (Å²) in [5.41, 5.74) is 0.946. The van der Waals surface area contributed by atoms with E-state index in [0.717, 1.165) is 14.9 Å². The largest absolute Gasteiger partial charge is 0.331 e. The predicted molar refractivity (Wildman–Crippen MR) is 119 cm³/mol. The van der Waals surface area contributed by atoms with Gasteiger partial charge in [-0.05, 0) is 49.7 Å². The monoisotopic (exact) mass is 486 g/mol. The maximum atomic E-state index is 14.2. The van der Waals surface area contributed by atoms with E-state index in [1.807, 2.05) is 13.0 Å². The van der Waals surface area contributed by atoms with Crippen molar-refractivity contribution in [3.63, 3.8) is 0 Å². The first-order valence-electron chi connectivity index (χ1n) is 9.34. The van der Waals surface area contributed by atoms with Crippen molar-refractivity contribution in [3.8, 4) is 5.69 Å². The lowest BCUT2D eigenvalue weighted by Gasteiger charge is -2.18. The number of benzene rings is 2. The third-order valence-electron chi connectivity index (χ3n) is 4.58. The Morgan fingerprint density at radius 2 is 1.87 bits per heavy atom. The molecule has 7 nitrogen and oxygen atoms in total. The second kappa shape index (κ2) is 9.22. The normalized spacial score (nSPS) is 10.6. The maximum absolute atomic E-state index is 14.2. The summed E-state index contributed by atoms with van der Waals surface area (Å²) in [4.78, 5) is 38.7. The zero-order valence-electron chi connectivity index (χ0n) is 17.1. The molecule has 2 aromatic carbocycles. The Bertz CT molecular complexity index is 1230. The van der Waals surface area contributed by atoms with Crippen molar-refractivity contribution >= 4 is 33.4 Å². The molecule has 3 rings (SSSR count). The van der Waals surface area contributed by atoms with E-state index >= 15 is 0 Å². The van der Waals surface area contributed by atoms with Gasteiger partial charge in [-0.25, -0.2) is 9.07 Å². The Morgan fingerprint density at radius 1 is 1.16 bits per heavy atom. The second-order valence-corrected chi connectivity index (χ2v) is 7.95. The second-order valence-electron chi connectivity index (χ2n) is 7.03. The number of hydrogen-bond donors (Lipinski definition) is 1.